The summed E-state index contributed by atoms with van der Waals surface area (Å²) in [6.45, 7) is 2.55. The Morgan fingerprint density at radius 3 is 2.96 bits per heavy atom. The quantitative estimate of drug-likeness (QED) is 0.840. The predicted molar refractivity (Wildman–Crippen MR) is 98.1 cm³/mol. The van der Waals surface area contributed by atoms with Gasteiger partial charge >= 0.3 is 0 Å². The number of ether oxygens (including phenoxy) is 2. The lowest BCUT2D eigenvalue weighted by Crippen LogP contribution is -2.35. The molecule has 0 saturated carbocycles. The zero-order chi connectivity index (χ0) is 16.8. The Hall–Kier alpha value is -2.21. The normalized spacial score (nSPS) is 26.7. The minimum atomic E-state index is 0.0124. The van der Waals surface area contributed by atoms with E-state index >= 15 is 0 Å². The fourth-order valence-electron chi connectivity index (χ4n) is 3.81. The molecule has 5 nitrogen and oxygen atoms in total. The standard InChI is InChI=1S/C19H19N3O2S/c1-2-13-10-25-19-21-17(14-5-3-4-8-20-14)18(22(13)19)12-6-7-15-16(9-12)24-11-23-15/h3-9,13,17-18H,2,10-11H2,1H3/t13-,17+,18-/m1/s1. The van der Waals surface area contributed by atoms with Gasteiger partial charge in [-0.2, -0.15) is 0 Å². The molecular weight excluding hydrogens is 334 g/mol. The van der Waals surface area contributed by atoms with Crippen molar-refractivity contribution in [1.82, 2.24) is 9.88 Å². The molecule has 2 aromatic rings. The van der Waals surface area contributed by atoms with E-state index in [1.165, 1.54) is 5.56 Å². The summed E-state index contributed by atoms with van der Waals surface area (Å²) in [6, 6.07) is 13.0. The van der Waals surface area contributed by atoms with Gasteiger partial charge in [0.1, 0.15) is 6.04 Å². The van der Waals surface area contributed by atoms with Crippen molar-refractivity contribution in [3.8, 4) is 11.5 Å². The first-order valence-electron chi connectivity index (χ1n) is 8.64. The molecule has 1 aromatic heterocycles. The highest BCUT2D eigenvalue weighted by Gasteiger charge is 2.45. The zero-order valence-electron chi connectivity index (χ0n) is 14.0. The topological polar surface area (TPSA) is 47.0 Å². The number of thioether (sulfide) groups is 1. The van der Waals surface area contributed by atoms with Crippen molar-refractivity contribution in [2.75, 3.05) is 12.5 Å². The van der Waals surface area contributed by atoms with Crippen molar-refractivity contribution < 1.29 is 9.47 Å². The van der Waals surface area contributed by atoms with Gasteiger partial charge in [-0.25, -0.2) is 0 Å². The zero-order valence-corrected chi connectivity index (χ0v) is 14.8. The van der Waals surface area contributed by atoms with Crippen LogP contribution in [0.1, 0.15) is 36.7 Å². The van der Waals surface area contributed by atoms with Crippen LogP contribution in [0.25, 0.3) is 0 Å². The molecule has 0 amide bonds. The molecule has 3 atom stereocenters. The van der Waals surface area contributed by atoms with Crippen LogP contribution in [-0.2, 0) is 0 Å². The Balaban J connectivity index is 1.60. The molecule has 0 spiro atoms. The predicted octanol–water partition coefficient (Wildman–Crippen LogP) is 3.79. The Labute approximate surface area is 151 Å². The van der Waals surface area contributed by atoms with E-state index < -0.39 is 0 Å². The highest BCUT2D eigenvalue weighted by molar-refractivity contribution is 8.14. The monoisotopic (exact) mass is 353 g/mol. The van der Waals surface area contributed by atoms with Crippen molar-refractivity contribution in [3.63, 3.8) is 0 Å². The Bertz CT molecular complexity index is 827. The minimum Gasteiger partial charge on any atom is -0.454 e. The number of hydrogen-bond acceptors (Lipinski definition) is 6. The second-order valence-electron chi connectivity index (χ2n) is 6.45. The molecule has 0 bridgehead atoms. The smallest absolute Gasteiger partial charge is 0.231 e. The van der Waals surface area contributed by atoms with Crippen molar-refractivity contribution in [3.05, 3.63) is 53.9 Å². The summed E-state index contributed by atoms with van der Waals surface area (Å²) in [5, 5.41) is 1.14. The average molecular weight is 353 g/mol. The number of benzene rings is 1. The molecule has 0 unspecified atom stereocenters. The maximum atomic E-state index is 5.61. The van der Waals surface area contributed by atoms with Gasteiger partial charge in [-0.05, 0) is 36.2 Å². The second kappa shape index (κ2) is 5.95. The van der Waals surface area contributed by atoms with Crippen LogP contribution in [0.3, 0.4) is 0 Å². The third kappa shape index (κ3) is 2.39. The number of aliphatic imine (C=N–C) groups is 1. The first-order chi connectivity index (χ1) is 12.3. The maximum absolute atomic E-state index is 5.61. The van der Waals surface area contributed by atoms with Crippen LogP contribution in [0.2, 0.25) is 0 Å². The van der Waals surface area contributed by atoms with Crippen LogP contribution in [0, 0.1) is 0 Å². The molecule has 1 aromatic carbocycles. The summed E-state index contributed by atoms with van der Waals surface area (Å²) in [5.41, 5.74) is 2.22. The van der Waals surface area contributed by atoms with Crippen molar-refractivity contribution in [2.24, 2.45) is 4.99 Å². The lowest BCUT2D eigenvalue weighted by atomic mass is 9.95. The third-order valence-corrected chi connectivity index (χ3v) is 6.19. The number of pyridine rings is 1. The van der Waals surface area contributed by atoms with Gasteiger partial charge in [-0.1, -0.05) is 30.8 Å². The number of fused-ring (bicyclic) bond motifs is 2. The van der Waals surface area contributed by atoms with Crippen molar-refractivity contribution in [2.45, 2.75) is 31.5 Å². The van der Waals surface area contributed by atoms with Crippen LogP contribution in [-0.4, -0.2) is 33.6 Å². The van der Waals surface area contributed by atoms with Crippen LogP contribution in [0.5, 0.6) is 11.5 Å². The molecule has 0 radical (unpaired) electrons. The van der Waals surface area contributed by atoms with Crippen LogP contribution < -0.4 is 9.47 Å². The van der Waals surface area contributed by atoms with E-state index in [1.54, 1.807) is 0 Å². The van der Waals surface area contributed by atoms with Gasteiger partial charge in [0.2, 0.25) is 6.79 Å². The number of nitrogens with zero attached hydrogens (tertiary/aromatic N) is 3. The van der Waals surface area contributed by atoms with E-state index in [2.05, 4.69) is 35.0 Å². The van der Waals surface area contributed by atoms with Crippen LogP contribution in [0.15, 0.2) is 47.6 Å². The Morgan fingerprint density at radius 2 is 2.12 bits per heavy atom. The SMILES string of the molecule is CC[C@@H]1CSC2=N[C@@H](c3ccccn3)[C@@H](c3ccc4c(c3)OCO4)N21. The molecule has 4 heterocycles. The number of rotatable bonds is 3. The second-order valence-corrected chi connectivity index (χ2v) is 7.44. The fourth-order valence-corrected chi connectivity index (χ4v) is 5.14. The highest BCUT2D eigenvalue weighted by atomic mass is 32.2. The Kier molecular flexibility index (Phi) is 3.59. The van der Waals surface area contributed by atoms with E-state index in [-0.39, 0.29) is 12.1 Å². The van der Waals surface area contributed by atoms with Crippen LogP contribution in [0.4, 0.5) is 0 Å². The average Bonchev–Trinajstić information content (AvgIpc) is 3.36. The Morgan fingerprint density at radius 1 is 1.20 bits per heavy atom. The lowest BCUT2D eigenvalue weighted by molar-refractivity contribution is 0.173. The summed E-state index contributed by atoms with van der Waals surface area (Å²) in [6.07, 6.45) is 2.96. The van der Waals surface area contributed by atoms with E-state index in [0.717, 1.165) is 34.5 Å². The fraction of sp³-hybridized carbons (Fsp3) is 0.368. The minimum absolute atomic E-state index is 0.0124. The van der Waals surface area contributed by atoms with E-state index in [4.69, 9.17) is 14.5 Å². The molecule has 1 saturated heterocycles. The van der Waals surface area contributed by atoms with Gasteiger partial charge in [0.05, 0.1) is 11.7 Å². The van der Waals surface area contributed by atoms with Gasteiger partial charge in [0, 0.05) is 18.0 Å². The molecule has 5 rings (SSSR count). The van der Waals surface area contributed by atoms with Gasteiger partial charge < -0.3 is 14.4 Å². The summed E-state index contributed by atoms with van der Waals surface area (Å²) in [4.78, 5) is 12.1. The summed E-state index contributed by atoms with van der Waals surface area (Å²) >= 11 is 1.86. The summed E-state index contributed by atoms with van der Waals surface area (Å²) < 4.78 is 11.1. The van der Waals surface area contributed by atoms with Crippen molar-refractivity contribution in [1.29, 1.82) is 0 Å². The molecule has 128 valence electrons. The summed E-state index contributed by atoms with van der Waals surface area (Å²) in [7, 11) is 0. The van der Waals surface area contributed by atoms with Gasteiger partial charge in [0.15, 0.2) is 16.7 Å². The highest BCUT2D eigenvalue weighted by Crippen LogP contribution is 2.49. The molecular formula is C19H19N3O2S. The molecule has 0 aliphatic carbocycles. The van der Waals surface area contributed by atoms with Gasteiger partial charge in [0.25, 0.3) is 0 Å². The van der Waals surface area contributed by atoms with Crippen molar-refractivity contribution >= 4 is 16.9 Å². The largest absolute Gasteiger partial charge is 0.454 e. The van der Waals surface area contributed by atoms with Gasteiger partial charge in [-0.15, -0.1) is 0 Å². The van der Waals surface area contributed by atoms with E-state index in [9.17, 15) is 0 Å². The molecule has 6 heteroatoms. The maximum Gasteiger partial charge on any atom is 0.231 e. The number of aromatic nitrogens is 1. The van der Waals surface area contributed by atoms with E-state index in [0.29, 0.717) is 12.8 Å². The van der Waals surface area contributed by atoms with Crippen LogP contribution >= 0.6 is 11.8 Å². The lowest BCUT2D eigenvalue weighted by Gasteiger charge is -2.32. The molecule has 0 N–H and O–H groups in total. The first kappa shape index (κ1) is 15.1. The van der Waals surface area contributed by atoms with Gasteiger partial charge in [-0.3, -0.25) is 9.98 Å². The number of hydrogen-bond donors (Lipinski definition) is 0. The van der Waals surface area contributed by atoms with E-state index in [1.807, 2.05) is 36.2 Å². The third-order valence-electron chi connectivity index (χ3n) is 5.07. The number of amidine groups is 1. The molecule has 3 aliphatic heterocycles. The molecule has 25 heavy (non-hydrogen) atoms. The molecule has 1 fully saturated rings. The summed E-state index contributed by atoms with van der Waals surface area (Å²) in [5.74, 6) is 2.75. The first-order valence-corrected chi connectivity index (χ1v) is 9.63. The molecule has 3 aliphatic rings.